The van der Waals surface area contributed by atoms with Gasteiger partial charge in [0, 0.05) is 60.7 Å². The van der Waals surface area contributed by atoms with E-state index in [4.69, 9.17) is 4.98 Å². The van der Waals surface area contributed by atoms with E-state index in [9.17, 15) is 18.0 Å². The van der Waals surface area contributed by atoms with Gasteiger partial charge in [-0.3, -0.25) is 14.3 Å². The molecule has 33 heavy (non-hydrogen) atoms. The zero-order valence-corrected chi connectivity index (χ0v) is 17.7. The van der Waals surface area contributed by atoms with Crippen LogP contribution in [-0.4, -0.2) is 25.1 Å². The molecule has 0 saturated carbocycles. The Morgan fingerprint density at radius 2 is 1.97 bits per heavy atom. The van der Waals surface area contributed by atoms with Crippen molar-refractivity contribution in [3.8, 4) is 17.1 Å². The van der Waals surface area contributed by atoms with Gasteiger partial charge in [0.25, 0.3) is 5.56 Å². The van der Waals surface area contributed by atoms with Crippen molar-refractivity contribution in [1.29, 1.82) is 0 Å². The van der Waals surface area contributed by atoms with Gasteiger partial charge in [0.05, 0.1) is 11.3 Å². The molecule has 0 aromatic carbocycles. The van der Waals surface area contributed by atoms with Crippen LogP contribution >= 0.6 is 0 Å². The highest BCUT2D eigenvalue weighted by Gasteiger charge is 2.36. The molecule has 0 aliphatic carbocycles. The lowest BCUT2D eigenvalue weighted by Crippen LogP contribution is -2.32. The van der Waals surface area contributed by atoms with E-state index in [0.717, 1.165) is 36.1 Å². The van der Waals surface area contributed by atoms with E-state index in [0.29, 0.717) is 29.2 Å². The molecule has 1 fully saturated rings. The highest BCUT2D eigenvalue weighted by Crippen LogP contribution is 2.41. The summed E-state index contributed by atoms with van der Waals surface area (Å²) in [7, 11) is 2.02. The van der Waals surface area contributed by atoms with Crippen molar-refractivity contribution in [3.05, 3.63) is 76.0 Å². The second kappa shape index (κ2) is 7.02. The third kappa shape index (κ3) is 3.18. The van der Waals surface area contributed by atoms with Crippen LogP contribution in [0.1, 0.15) is 35.7 Å². The Labute approximate surface area is 186 Å². The lowest BCUT2D eigenvalue weighted by Gasteiger charge is -2.22. The average Bonchev–Trinajstić information content (AvgIpc) is 3.31. The molecule has 4 aromatic heterocycles. The normalized spacial score (nSPS) is 19.8. The zero-order chi connectivity index (χ0) is 22.9. The summed E-state index contributed by atoms with van der Waals surface area (Å²) >= 11 is 0. The maximum atomic E-state index is 12.9. The number of aryl methyl sites for hydroxylation is 1. The molecular weight excluding hydrogens is 431 g/mol. The lowest BCUT2D eigenvalue weighted by atomic mass is 10.00. The fraction of sp³-hybridized carbons (Fsp3) is 0.292. The number of aromatic nitrogens is 4. The van der Waals surface area contributed by atoms with Crippen LogP contribution in [0.15, 0.2) is 53.6 Å². The molecule has 2 aliphatic rings. The first-order chi connectivity index (χ1) is 15.8. The highest BCUT2D eigenvalue weighted by molar-refractivity contribution is 5.84. The van der Waals surface area contributed by atoms with Crippen LogP contribution in [0.25, 0.3) is 28.1 Å². The minimum atomic E-state index is -4.45. The predicted octanol–water partition coefficient (Wildman–Crippen LogP) is 4.15. The molecule has 2 unspecified atom stereocenters. The van der Waals surface area contributed by atoms with Crippen molar-refractivity contribution < 1.29 is 13.2 Å². The Hall–Kier alpha value is -3.46. The molecule has 0 radical (unpaired) electrons. The van der Waals surface area contributed by atoms with E-state index in [1.165, 1.54) is 34.4 Å². The van der Waals surface area contributed by atoms with E-state index in [2.05, 4.69) is 14.9 Å². The van der Waals surface area contributed by atoms with Crippen LogP contribution in [0.3, 0.4) is 0 Å². The van der Waals surface area contributed by atoms with Crippen LogP contribution in [0.2, 0.25) is 0 Å². The molecule has 2 aliphatic heterocycles. The maximum absolute atomic E-state index is 12.9. The van der Waals surface area contributed by atoms with Crippen LogP contribution in [-0.2, 0) is 19.6 Å². The molecule has 168 valence electrons. The van der Waals surface area contributed by atoms with Gasteiger partial charge in [-0.2, -0.15) is 13.2 Å². The molecular formula is C24H20F3N5O. The van der Waals surface area contributed by atoms with Crippen molar-refractivity contribution >= 4 is 11.0 Å². The Kier molecular flexibility index (Phi) is 4.29. The van der Waals surface area contributed by atoms with Gasteiger partial charge in [0.15, 0.2) is 0 Å². The monoisotopic (exact) mass is 451 g/mol. The summed E-state index contributed by atoms with van der Waals surface area (Å²) in [5.74, 6) is 0.496. The van der Waals surface area contributed by atoms with E-state index in [1.807, 2.05) is 19.2 Å². The molecule has 6 heterocycles. The number of hydrogen-bond acceptors (Lipinski definition) is 4. The lowest BCUT2D eigenvalue weighted by molar-refractivity contribution is -0.137. The first kappa shape index (κ1) is 20.2. The van der Waals surface area contributed by atoms with Gasteiger partial charge < -0.3 is 9.88 Å². The summed E-state index contributed by atoms with van der Waals surface area (Å²) in [6.45, 7) is 0. The standard InChI is InChI=1S/C24H20F3N5O/c1-31-19-11-15-3-6-18(29-15)22(19)16-4-7-20(30-23(16)31)32-9-8-13(10-21(32)33)17-5-2-14(12-28-17)24(25,26)27/h2,4-5,7-10,12,15,18,29H,3,6,11H2,1H3. The Bertz CT molecular complexity index is 1450. The van der Waals surface area contributed by atoms with Crippen LogP contribution < -0.4 is 10.9 Å². The molecule has 6 nitrogen and oxygen atoms in total. The van der Waals surface area contributed by atoms with Gasteiger partial charge in [-0.05, 0) is 48.7 Å². The highest BCUT2D eigenvalue weighted by atomic mass is 19.4. The SMILES string of the molecule is Cn1c2c(c3ccc(-n4ccc(-c5ccc(C(F)(F)F)cn5)cc4=O)nc31)C1CCC(C2)N1. The summed E-state index contributed by atoms with van der Waals surface area (Å²) in [5, 5.41) is 4.78. The number of pyridine rings is 3. The summed E-state index contributed by atoms with van der Waals surface area (Å²) in [5.41, 5.74) is 3.04. The number of fused-ring (bicyclic) bond motifs is 6. The summed E-state index contributed by atoms with van der Waals surface area (Å²) in [6, 6.07) is 9.97. The van der Waals surface area contributed by atoms with Crippen molar-refractivity contribution in [2.24, 2.45) is 7.05 Å². The molecule has 6 rings (SSSR count). The first-order valence-electron chi connectivity index (χ1n) is 10.8. The Morgan fingerprint density at radius 3 is 2.70 bits per heavy atom. The molecule has 4 aromatic rings. The molecule has 1 saturated heterocycles. The van der Waals surface area contributed by atoms with Gasteiger partial charge in [-0.1, -0.05) is 0 Å². The predicted molar refractivity (Wildman–Crippen MR) is 117 cm³/mol. The minimum Gasteiger partial charge on any atom is -0.332 e. The summed E-state index contributed by atoms with van der Waals surface area (Å²) in [4.78, 5) is 21.5. The number of nitrogens with zero attached hydrogens (tertiary/aromatic N) is 4. The third-order valence-corrected chi connectivity index (χ3v) is 6.77. The summed E-state index contributed by atoms with van der Waals surface area (Å²) in [6.07, 6.45) is 1.18. The first-order valence-corrected chi connectivity index (χ1v) is 10.8. The number of nitrogens with one attached hydrogen (secondary N) is 1. The second-order valence-electron chi connectivity index (χ2n) is 8.71. The second-order valence-corrected chi connectivity index (χ2v) is 8.71. The molecule has 1 N–H and O–H groups in total. The third-order valence-electron chi connectivity index (χ3n) is 6.77. The van der Waals surface area contributed by atoms with Crippen LogP contribution in [0.4, 0.5) is 13.2 Å². The van der Waals surface area contributed by atoms with Crippen LogP contribution in [0, 0.1) is 0 Å². The number of rotatable bonds is 2. The van der Waals surface area contributed by atoms with Crippen LogP contribution in [0.5, 0.6) is 0 Å². The molecule has 9 heteroatoms. The molecule has 0 spiro atoms. The zero-order valence-electron chi connectivity index (χ0n) is 17.7. The van der Waals surface area contributed by atoms with Crippen molar-refractivity contribution in [1.82, 2.24) is 24.4 Å². The van der Waals surface area contributed by atoms with E-state index in [-0.39, 0.29) is 5.56 Å². The van der Waals surface area contributed by atoms with Crippen molar-refractivity contribution in [2.75, 3.05) is 0 Å². The average molecular weight is 451 g/mol. The fourth-order valence-corrected chi connectivity index (χ4v) is 5.14. The number of alkyl halides is 3. The Balaban J connectivity index is 1.38. The molecule has 0 amide bonds. The van der Waals surface area contributed by atoms with E-state index in [1.54, 1.807) is 12.3 Å². The topological polar surface area (TPSA) is 64.7 Å². The maximum Gasteiger partial charge on any atom is 0.417 e. The molecule has 2 bridgehead atoms. The van der Waals surface area contributed by atoms with Gasteiger partial charge in [-0.25, -0.2) is 4.98 Å². The summed E-state index contributed by atoms with van der Waals surface area (Å²) < 4.78 is 41.9. The number of hydrogen-bond donors (Lipinski definition) is 1. The van der Waals surface area contributed by atoms with Gasteiger partial charge in [-0.15, -0.1) is 0 Å². The largest absolute Gasteiger partial charge is 0.417 e. The van der Waals surface area contributed by atoms with Crippen molar-refractivity contribution in [2.45, 2.75) is 37.5 Å². The van der Waals surface area contributed by atoms with Crippen molar-refractivity contribution in [3.63, 3.8) is 0 Å². The van der Waals surface area contributed by atoms with Gasteiger partial charge >= 0.3 is 6.18 Å². The fourth-order valence-electron chi connectivity index (χ4n) is 5.14. The minimum absolute atomic E-state index is 0.299. The smallest absolute Gasteiger partial charge is 0.332 e. The van der Waals surface area contributed by atoms with E-state index >= 15 is 0 Å². The van der Waals surface area contributed by atoms with Gasteiger partial charge in [0.2, 0.25) is 0 Å². The number of halogens is 3. The van der Waals surface area contributed by atoms with Gasteiger partial charge in [0.1, 0.15) is 11.5 Å². The quantitative estimate of drug-likeness (QED) is 0.497. The van der Waals surface area contributed by atoms with E-state index < -0.39 is 11.7 Å². The Morgan fingerprint density at radius 1 is 1.12 bits per heavy atom. The molecule has 2 atom stereocenters.